The summed E-state index contributed by atoms with van der Waals surface area (Å²) in [6, 6.07) is 2.48. The van der Waals surface area contributed by atoms with E-state index in [9.17, 15) is 0 Å². The predicted molar refractivity (Wildman–Crippen MR) is 75.0 cm³/mol. The van der Waals surface area contributed by atoms with Crippen molar-refractivity contribution in [1.82, 2.24) is 15.2 Å². The summed E-state index contributed by atoms with van der Waals surface area (Å²) in [5.41, 5.74) is 5.29. The quantitative estimate of drug-likeness (QED) is 0.573. The lowest BCUT2D eigenvalue weighted by Crippen LogP contribution is -2.39. The molecule has 0 aliphatic carbocycles. The SMILES string of the molecule is CCc1cc(CC(CSC(C)C)NN)n(C)n1. The number of rotatable bonds is 7. The van der Waals surface area contributed by atoms with Gasteiger partial charge < -0.3 is 0 Å². The topological polar surface area (TPSA) is 55.9 Å². The molecule has 0 aliphatic heterocycles. The summed E-state index contributed by atoms with van der Waals surface area (Å²) in [7, 11) is 2.00. The minimum atomic E-state index is 0.308. The van der Waals surface area contributed by atoms with Crippen molar-refractivity contribution >= 4 is 11.8 Å². The Labute approximate surface area is 108 Å². The van der Waals surface area contributed by atoms with Gasteiger partial charge in [0.2, 0.25) is 0 Å². The number of thioether (sulfide) groups is 1. The summed E-state index contributed by atoms with van der Waals surface area (Å²) in [5, 5.41) is 5.10. The second-order valence-corrected chi connectivity index (χ2v) is 6.16. The highest BCUT2D eigenvalue weighted by atomic mass is 32.2. The zero-order valence-electron chi connectivity index (χ0n) is 11.2. The molecule has 0 bridgehead atoms. The van der Waals surface area contributed by atoms with E-state index in [1.807, 2.05) is 23.5 Å². The third-order valence-electron chi connectivity index (χ3n) is 2.71. The van der Waals surface area contributed by atoms with Gasteiger partial charge in [-0.15, -0.1) is 0 Å². The molecule has 0 radical (unpaired) electrons. The molecule has 1 unspecified atom stereocenters. The molecule has 1 rings (SSSR count). The molecule has 0 spiro atoms. The van der Waals surface area contributed by atoms with Crippen molar-refractivity contribution in [2.75, 3.05) is 5.75 Å². The largest absolute Gasteiger partial charge is 0.272 e. The van der Waals surface area contributed by atoms with Crippen LogP contribution in [0, 0.1) is 0 Å². The van der Waals surface area contributed by atoms with Gasteiger partial charge in [-0.1, -0.05) is 20.8 Å². The average Bonchev–Trinajstić information content (AvgIpc) is 2.65. The first kappa shape index (κ1) is 14.5. The molecule has 17 heavy (non-hydrogen) atoms. The molecular formula is C12H24N4S. The van der Waals surface area contributed by atoms with Crippen molar-refractivity contribution in [3.05, 3.63) is 17.5 Å². The molecule has 3 N–H and O–H groups in total. The van der Waals surface area contributed by atoms with Crippen LogP contribution in [0.5, 0.6) is 0 Å². The maximum absolute atomic E-state index is 5.60. The van der Waals surface area contributed by atoms with Crippen molar-refractivity contribution in [2.24, 2.45) is 12.9 Å². The lowest BCUT2D eigenvalue weighted by molar-refractivity contribution is 0.550. The van der Waals surface area contributed by atoms with E-state index in [1.54, 1.807) is 0 Å². The zero-order valence-corrected chi connectivity index (χ0v) is 12.0. The fourth-order valence-electron chi connectivity index (χ4n) is 1.66. The summed E-state index contributed by atoms with van der Waals surface area (Å²) < 4.78 is 1.96. The van der Waals surface area contributed by atoms with Gasteiger partial charge in [0.15, 0.2) is 0 Å². The van der Waals surface area contributed by atoms with E-state index < -0.39 is 0 Å². The van der Waals surface area contributed by atoms with Crippen LogP contribution in [0.25, 0.3) is 0 Å². The molecule has 5 heteroatoms. The molecule has 0 saturated carbocycles. The summed E-state index contributed by atoms with van der Waals surface area (Å²) >= 11 is 1.93. The Morgan fingerprint density at radius 2 is 2.24 bits per heavy atom. The van der Waals surface area contributed by atoms with E-state index >= 15 is 0 Å². The summed E-state index contributed by atoms with van der Waals surface area (Å²) in [4.78, 5) is 0. The monoisotopic (exact) mass is 256 g/mol. The smallest absolute Gasteiger partial charge is 0.0624 e. The molecule has 0 amide bonds. The van der Waals surface area contributed by atoms with Gasteiger partial charge in [-0.05, 0) is 17.7 Å². The minimum absolute atomic E-state index is 0.308. The van der Waals surface area contributed by atoms with E-state index in [2.05, 4.69) is 37.4 Å². The average molecular weight is 256 g/mol. The molecule has 98 valence electrons. The maximum atomic E-state index is 5.60. The Hall–Kier alpha value is -0.520. The first-order valence-electron chi connectivity index (χ1n) is 6.16. The van der Waals surface area contributed by atoms with Crippen LogP contribution >= 0.6 is 11.8 Å². The standard InChI is InChI=1S/C12H24N4S/c1-5-10-6-12(16(4)15-10)7-11(14-13)8-17-9(2)3/h6,9,11,14H,5,7-8,13H2,1-4H3. The van der Waals surface area contributed by atoms with E-state index in [4.69, 9.17) is 5.84 Å². The number of aryl methyl sites for hydroxylation is 2. The second kappa shape index (κ2) is 7.03. The Kier molecular flexibility index (Phi) is 6.02. The van der Waals surface area contributed by atoms with Crippen molar-refractivity contribution in [1.29, 1.82) is 0 Å². The number of aromatic nitrogens is 2. The Morgan fingerprint density at radius 3 is 2.71 bits per heavy atom. The number of nitrogens with two attached hydrogens (primary N) is 1. The number of nitrogens with one attached hydrogen (secondary N) is 1. The first-order valence-corrected chi connectivity index (χ1v) is 7.21. The number of hydrogen-bond acceptors (Lipinski definition) is 4. The van der Waals surface area contributed by atoms with Crippen LogP contribution in [0.15, 0.2) is 6.07 Å². The molecule has 1 aromatic rings. The Balaban J connectivity index is 2.57. The first-order chi connectivity index (χ1) is 8.06. The summed E-state index contributed by atoms with van der Waals surface area (Å²) in [6.07, 6.45) is 1.91. The van der Waals surface area contributed by atoms with Gasteiger partial charge in [0, 0.05) is 31.0 Å². The van der Waals surface area contributed by atoms with Crippen LogP contribution in [-0.4, -0.2) is 26.8 Å². The van der Waals surface area contributed by atoms with Gasteiger partial charge in [0.25, 0.3) is 0 Å². The normalized spacial score (nSPS) is 13.3. The van der Waals surface area contributed by atoms with Crippen molar-refractivity contribution in [2.45, 2.75) is 44.9 Å². The van der Waals surface area contributed by atoms with Crippen molar-refractivity contribution < 1.29 is 0 Å². The predicted octanol–water partition coefficient (Wildman–Crippen LogP) is 1.50. The van der Waals surface area contributed by atoms with Crippen LogP contribution in [0.3, 0.4) is 0 Å². The molecule has 1 atom stereocenters. The Morgan fingerprint density at radius 1 is 1.53 bits per heavy atom. The van der Waals surface area contributed by atoms with E-state index in [0.29, 0.717) is 11.3 Å². The third-order valence-corrected chi connectivity index (χ3v) is 3.97. The van der Waals surface area contributed by atoms with E-state index in [-0.39, 0.29) is 0 Å². The maximum Gasteiger partial charge on any atom is 0.0624 e. The molecule has 0 aromatic carbocycles. The number of hydrazine groups is 1. The highest BCUT2D eigenvalue weighted by molar-refractivity contribution is 7.99. The summed E-state index contributed by atoms with van der Waals surface area (Å²) in [5.74, 6) is 6.63. The summed E-state index contributed by atoms with van der Waals surface area (Å²) in [6.45, 7) is 6.54. The molecule has 0 aliphatic rings. The second-order valence-electron chi connectivity index (χ2n) is 4.55. The van der Waals surface area contributed by atoms with E-state index in [0.717, 1.165) is 24.3 Å². The molecule has 4 nitrogen and oxygen atoms in total. The fraction of sp³-hybridized carbons (Fsp3) is 0.750. The van der Waals surface area contributed by atoms with Gasteiger partial charge in [-0.2, -0.15) is 16.9 Å². The van der Waals surface area contributed by atoms with Crippen LogP contribution in [0.2, 0.25) is 0 Å². The zero-order chi connectivity index (χ0) is 12.8. The lowest BCUT2D eigenvalue weighted by atomic mass is 10.2. The van der Waals surface area contributed by atoms with Crippen LogP contribution in [-0.2, 0) is 19.9 Å². The Bertz CT molecular complexity index is 335. The van der Waals surface area contributed by atoms with Crippen LogP contribution in [0.4, 0.5) is 0 Å². The minimum Gasteiger partial charge on any atom is -0.272 e. The van der Waals surface area contributed by atoms with Gasteiger partial charge in [-0.3, -0.25) is 16.0 Å². The number of hydrogen-bond donors (Lipinski definition) is 2. The third kappa shape index (κ3) is 4.69. The van der Waals surface area contributed by atoms with Gasteiger partial charge >= 0.3 is 0 Å². The van der Waals surface area contributed by atoms with Gasteiger partial charge in [0.05, 0.1) is 5.69 Å². The van der Waals surface area contributed by atoms with Gasteiger partial charge in [-0.25, -0.2) is 0 Å². The number of nitrogens with zero attached hydrogens (tertiary/aromatic N) is 2. The lowest BCUT2D eigenvalue weighted by Gasteiger charge is -2.16. The molecule has 1 aromatic heterocycles. The highest BCUT2D eigenvalue weighted by Crippen LogP contribution is 2.14. The van der Waals surface area contributed by atoms with Crippen LogP contribution < -0.4 is 11.3 Å². The van der Waals surface area contributed by atoms with Crippen LogP contribution in [0.1, 0.15) is 32.2 Å². The van der Waals surface area contributed by atoms with Crippen molar-refractivity contribution in [3.8, 4) is 0 Å². The highest BCUT2D eigenvalue weighted by Gasteiger charge is 2.12. The van der Waals surface area contributed by atoms with Crippen molar-refractivity contribution in [3.63, 3.8) is 0 Å². The van der Waals surface area contributed by atoms with Gasteiger partial charge in [0.1, 0.15) is 0 Å². The fourth-order valence-corrected chi connectivity index (χ4v) is 2.49. The molecule has 1 heterocycles. The molecule has 0 saturated heterocycles. The van der Waals surface area contributed by atoms with E-state index in [1.165, 1.54) is 5.69 Å². The molecular weight excluding hydrogens is 232 g/mol. The molecule has 0 fully saturated rings.